The molecule has 2 aromatic rings. The van der Waals surface area contributed by atoms with E-state index in [1.54, 1.807) is 0 Å². The van der Waals surface area contributed by atoms with Gasteiger partial charge in [-0.15, -0.1) is 0 Å². The summed E-state index contributed by atoms with van der Waals surface area (Å²) in [6.45, 7) is 6.58. The predicted molar refractivity (Wildman–Crippen MR) is 89.2 cm³/mol. The Hall–Kier alpha value is -2.30. The molecular formula is C17H22N4O. The maximum absolute atomic E-state index is 6.36. The van der Waals surface area contributed by atoms with E-state index in [4.69, 9.17) is 10.5 Å². The molecule has 1 aromatic carbocycles. The van der Waals surface area contributed by atoms with Crippen LogP contribution in [0.15, 0.2) is 24.3 Å². The Labute approximate surface area is 131 Å². The van der Waals surface area contributed by atoms with Gasteiger partial charge in [-0.1, -0.05) is 0 Å². The first-order valence-electron chi connectivity index (χ1n) is 7.81. The fourth-order valence-corrected chi connectivity index (χ4v) is 2.83. The molecule has 1 saturated heterocycles. The molecule has 0 spiro atoms. The lowest BCUT2D eigenvalue weighted by Crippen LogP contribution is -2.21. The lowest BCUT2D eigenvalue weighted by atomic mass is 10.1. The van der Waals surface area contributed by atoms with Gasteiger partial charge in [-0.3, -0.25) is 0 Å². The number of nitrogens with two attached hydrogens (primary N) is 1. The van der Waals surface area contributed by atoms with Crippen molar-refractivity contribution in [1.29, 1.82) is 0 Å². The van der Waals surface area contributed by atoms with Crippen LogP contribution in [0.3, 0.4) is 0 Å². The van der Waals surface area contributed by atoms with Crippen molar-refractivity contribution in [3.63, 3.8) is 0 Å². The molecule has 1 aromatic heterocycles. The summed E-state index contributed by atoms with van der Waals surface area (Å²) < 4.78 is 5.48. The zero-order valence-electron chi connectivity index (χ0n) is 13.2. The van der Waals surface area contributed by atoms with Crippen molar-refractivity contribution in [2.75, 3.05) is 30.3 Å². The van der Waals surface area contributed by atoms with Crippen LogP contribution in [0.4, 0.5) is 11.5 Å². The Morgan fingerprint density at radius 1 is 1.14 bits per heavy atom. The molecule has 1 fully saturated rings. The molecule has 5 nitrogen and oxygen atoms in total. The van der Waals surface area contributed by atoms with Crippen LogP contribution in [0, 0.1) is 6.92 Å². The topological polar surface area (TPSA) is 64.3 Å². The molecule has 0 atom stereocenters. The van der Waals surface area contributed by atoms with E-state index < -0.39 is 0 Å². The largest absolute Gasteiger partial charge is 0.494 e. The van der Waals surface area contributed by atoms with Crippen LogP contribution in [0.25, 0.3) is 11.3 Å². The molecule has 3 rings (SSSR count). The molecule has 22 heavy (non-hydrogen) atoms. The number of anilines is 2. The Bertz CT molecular complexity index is 648. The number of hydrogen-bond donors (Lipinski definition) is 1. The van der Waals surface area contributed by atoms with Crippen LogP contribution >= 0.6 is 0 Å². The average Bonchev–Trinajstić information content (AvgIpc) is 3.05. The van der Waals surface area contributed by atoms with Gasteiger partial charge in [0, 0.05) is 18.7 Å². The number of nitrogen functional groups attached to an aromatic ring is 1. The van der Waals surface area contributed by atoms with Crippen LogP contribution < -0.4 is 15.4 Å². The van der Waals surface area contributed by atoms with Gasteiger partial charge in [0.1, 0.15) is 17.3 Å². The summed E-state index contributed by atoms with van der Waals surface area (Å²) >= 11 is 0. The minimum atomic E-state index is 0.660. The minimum Gasteiger partial charge on any atom is -0.494 e. The van der Waals surface area contributed by atoms with Crippen molar-refractivity contribution in [2.45, 2.75) is 26.7 Å². The van der Waals surface area contributed by atoms with Gasteiger partial charge in [-0.25, -0.2) is 9.97 Å². The number of aryl methyl sites for hydroxylation is 1. The van der Waals surface area contributed by atoms with Crippen molar-refractivity contribution in [1.82, 2.24) is 9.97 Å². The van der Waals surface area contributed by atoms with Crippen molar-refractivity contribution in [3.05, 3.63) is 30.1 Å². The summed E-state index contributed by atoms with van der Waals surface area (Å²) in [5, 5.41) is 0. The molecule has 5 heteroatoms. The molecule has 0 bridgehead atoms. The zero-order chi connectivity index (χ0) is 15.5. The molecule has 116 valence electrons. The summed E-state index contributed by atoms with van der Waals surface area (Å²) in [5.74, 6) is 2.48. The average molecular weight is 298 g/mol. The summed E-state index contributed by atoms with van der Waals surface area (Å²) in [6, 6.07) is 7.89. The number of aromatic nitrogens is 2. The summed E-state index contributed by atoms with van der Waals surface area (Å²) in [5.41, 5.74) is 8.82. The normalized spacial score (nSPS) is 14.4. The maximum Gasteiger partial charge on any atom is 0.156 e. The van der Waals surface area contributed by atoms with E-state index in [1.165, 1.54) is 12.8 Å². The van der Waals surface area contributed by atoms with E-state index >= 15 is 0 Å². The van der Waals surface area contributed by atoms with E-state index in [0.717, 1.165) is 41.7 Å². The third-order valence-electron chi connectivity index (χ3n) is 3.88. The first-order chi connectivity index (χ1) is 10.7. The number of nitrogens with zero attached hydrogens (tertiary/aromatic N) is 3. The van der Waals surface area contributed by atoms with E-state index in [0.29, 0.717) is 12.3 Å². The van der Waals surface area contributed by atoms with Crippen molar-refractivity contribution in [3.8, 4) is 17.0 Å². The first-order valence-corrected chi connectivity index (χ1v) is 7.81. The first kappa shape index (κ1) is 14.6. The monoisotopic (exact) mass is 298 g/mol. The SMILES string of the molecule is CCOc1ccc(-c2nc(C)nc(N3CCCC3)c2N)cc1. The summed E-state index contributed by atoms with van der Waals surface area (Å²) in [7, 11) is 0. The van der Waals surface area contributed by atoms with Crippen LogP contribution in [-0.4, -0.2) is 29.7 Å². The maximum atomic E-state index is 6.36. The van der Waals surface area contributed by atoms with Gasteiger partial charge in [-0.2, -0.15) is 0 Å². The highest BCUT2D eigenvalue weighted by Crippen LogP contribution is 2.33. The van der Waals surface area contributed by atoms with Gasteiger partial charge in [-0.05, 0) is 51.0 Å². The summed E-state index contributed by atoms with van der Waals surface area (Å²) in [6.07, 6.45) is 2.39. The van der Waals surface area contributed by atoms with E-state index in [1.807, 2.05) is 38.1 Å². The fourth-order valence-electron chi connectivity index (χ4n) is 2.83. The molecule has 2 heterocycles. The third-order valence-corrected chi connectivity index (χ3v) is 3.88. The Balaban J connectivity index is 1.99. The van der Waals surface area contributed by atoms with Crippen LogP contribution in [-0.2, 0) is 0 Å². The highest BCUT2D eigenvalue weighted by molar-refractivity contribution is 5.81. The highest BCUT2D eigenvalue weighted by Gasteiger charge is 2.20. The minimum absolute atomic E-state index is 0.660. The molecule has 1 aliphatic rings. The number of hydrogen-bond acceptors (Lipinski definition) is 5. The quantitative estimate of drug-likeness (QED) is 0.940. The number of rotatable bonds is 4. The second-order valence-electron chi connectivity index (χ2n) is 5.51. The zero-order valence-corrected chi connectivity index (χ0v) is 13.2. The molecule has 2 N–H and O–H groups in total. The Morgan fingerprint density at radius 3 is 2.45 bits per heavy atom. The molecular weight excluding hydrogens is 276 g/mol. The van der Waals surface area contributed by atoms with Crippen LogP contribution in [0.5, 0.6) is 5.75 Å². The van der Waals surface area contributed by atoms with Crippen molar-refractivity contribution in [2.24, 2.45) is 0 Å². The lowest BCUT2D eigenvalue weighted by Gasteiger charge is -2.20. The molecule has 0 radical (unpaired) electrons. The van der Waals surface area contributed by atoms with Gasteiger partial charge in [0.2, 0.25) is 0 Å². The van der Waals surface area contributed by atoms with Crippen molar-refractivity contribution < 1.29 is 4.74 Å². The second kappa shape index (κ2) is 6.22. The van der Waals surface area contributed by atoms with Gasteiger partial charge in [0.15, 0.2) is 5.82 Å². The molecule has 0 aliphatic carbocycles. The number of ether oxygens (including phenoxy) is 1. The van der Waals surface area contributed by atoms with Gasteiger partial charge in [0.05, 0.1) is 12.3 Å². The second-order valence-corrected chi connectivity index (χ2v) is 5.51. The summed E-state index contributed by atoms with van der Waals surface area (Å²) in [4.78, 5) is 11.4. The van der Waals surface area contributed by atoms with Crippen LogP contribution in [0.2, 0.25) is 0 Å². The van der Waals surface area contributed by atoms with Crippen molar-refractivity contribution >= 4 is 11.5 Å². The predicted octanol–water partition coefficient (Wildman–Crippen LogP) is 3.03. The Kier molecular flexibility index (Phi) is 4.13. The van der Waals surface area contributed by atoms with E-state index in [-0.39, 0.29) is 0 Å². The molecule has 0 saturated carbocycles. The highest BCUT2D eigenvalue weighted by atomic mass is 16.5. The smallest absolute Gasteiger partial charge is 0.156 e. The molecule has 1 aliphatic heterocycles. The fraction of sp³-hybridized carbons (Fsp3) is 0.412. The van der Waals surface area contributed by atoms with Crippen LogP contribution in [0.1, 0.15) is 25.6 Å². The van der Waals surface area contributed by atoms with Gasteiger partial charge < -0.3 is 15.4 Å². The van der Waals surface area contributed by atoms with E-state index in [9.17, 15) is 0 Å². The van der Waals surface area contributed by atoms with E-state index in [2.05, 4.69) is 14.9 Å². The van der Waals surface area contributed by atoms with Gasteiger partial charge in [0.25, 0.3) is 0 Å². The standard InChI is InChI=1S/C17H22N4O/c1-3-22-14-8-6-13(7-9-14)16-15(18)17(20-12(2)19-16)21-10-4-5-11-21/h6-9H,3-5,10-11,18H2,1-2H3. The lowest BCUT2D eigenvalue weighted by molar-refractivity contribution is 0.340. The molecule has 0 amide bonds. The molecule has 0 unspecified atom stereocenters. The third kappa shape index (κ3) is 2.84. The number of benzene rings is 1. The Morgan fingerprint density at radius 2 is 1.82 bits per heavy atom. The van der Waals surface area contributed by atoms with Gasteiger partial charge >= 0.3 is 0 Å².